The molecule has 1 N–H and O–H groups in total. The molecule has 2 aliphatic heterocycles. The molecule has 266 valence electrons. The van der Waals surface area contributed by atoms with Crippen molar-refractivity contribution in [3.8, 4) is 11.5 Å². The number of carboxylic acid groups (broad SMARTS) is 1. The lowest BCUT2D eigenvalue weighted by Gasteiger charge is -2.30. The van der Waals surface area contributed by atoms with Gasteiger partial charge in [-0.15, -0.1) is 0 Å². The van der Waals surface area contributed by atoms with Crippen LogP contribution in [0.25, 0.3) is 0 Å². The molecule has 6 rings (SSSR count). The van der Waals surface area contributed by atoms with E-state index in [-0.39, 0.29) is 43.0 Å². The fourth-order valence-electron chi connectivity index (χ4n) is 7.14. The molecule has 2 amide bonds. The first-order valence-electron chi connectivity index (χ1n) is 17.6. The highest BCUT2D eigenvalue weighted by Crippen LogP contribution is 2.33. The molecule has 0 spiro atoms. The molecule has 2 aliphatic rings. The summed E-state index contributed by atoms with van der Waals surface area (Å²) in [6.07, 6.45) is 5.93. The van der Waals surface area contributed by atoms with Crippen LogP contribution in [0.4, 0.5) is 5.95 Å². The first-order chi connectivity index (χ1) is 24.9. The number of carbonyl (C=O) groups excluding carboxylic acids is 2. The molecule has 11 heteroatoms. The van der Waals surface area contributed by atoms with Gasteiger partial charge in [0, 0.05) is 31.4 Å². The molecule has 0 unspecified atom stereocenters. The highest BCUT2D eigenvalue weighted by molar-refractivity contribution is 5.96. The van der Waals surface area contributed by atoms with Gasteiger partial charge in [-0.3, -0.25) is 14.4 Å². The number of nitrogens with zero attached hydrogens (tertiary/aromatic N) is 5. The molecule has 0 bridgehead atoms. The maximum absolute atomic E-state index is 14.0. The Morgan fingerprint density at radius 2 is 1.67 bits per heavy atom. The lowest BCUT2D eigenvalue weighted by atomic mass is 9.98. The van der Waals surface area contributed by atoms with E-state index in [4.69, 9.17) is 19.4 Å². The van der Waals surface area contributed by atoms with E-state index in [9.17, 15) is 19.5 Å². The van der Waals surface area contributed by atoms with Gasteiger partial charge < -0.3 is 29.3 Å². The smallest absolute Gasteiger partial charge is 0.323 e. The highest BCUT2D eigenvalue weighted by atomic mass is 16.5. The zero-order valence-electron chi connectivity index (χ0n) is 29.0. The highest BCUT2D eigenvalue weighted by Gasteiger charge is 2.41. The van der Waals surface area contributed by atoms with Crippen LogP contribution in [0, 0.1) is 5.92 Å². The Hall–Kier alpha value is -5.45. The van der Waals surface area contributed by atoms with E-state index in [1.165, 1.54) is 11.1 Å². The number of likely N-dealkylation sites (tertiary alicyclic amines) is 1. The third-order valence-electron chi connectivity index (χ3n) is 9.73. The van der Waals surface area contributed by atoms with Crippen LogP contribution >= 0.6 is 0 Å². The largest absolute Gasteiger partial charge is 0.496 e. The van der Waals surface area contributed by atoms with E-state index >= 15 is 0 Å². The molecule has 0 saturated carbocycles. The number of fused-ring (bicyclic) bond motifs is 1. The maximum Gasteiger partial charge on any atom is 0.323 e. The average Bonchev–Trinajstić information content (AvgIpc) is 3.47. The van der Waals surface area contributed by atoms with Gasteiger partial charge in [0.05, 0.1) is 37.4 Å². The number of carboxylic acids is 1. The summed E-state index contributed by atoms with van der Waals surface area (Å²) < 4.78 is 11.3. The molecular weight excluding hydrogens is 646 g/mol. The monoisotopic (exact) mass is 691 g/mol. The summed E-state index contributed by atoms with van der Waals surface area (Å²) in [7, 11) is 1.62. The number of hydrogen-bond acceptors (Lipinski definition) is 8. The lowest BCUT2D eigenvalue weighted by molar-refractivity contribution is -0.138. The molecule has 0 aliphatic carbocycles. The molecule has 2 saturated heterocycles. The van der Waals surface area contributed by atoms with Gasteiger partial charge in [-0.1, -0.05) is 73.2 Å². The van der Waals surface area contributed by atoms with Crippen molar-refractivity contribution >= 4 is 23.7 Å². The Bertz CT molecular complexity index is 1790. The van der Waals surface area contributed by atoms with Gasteiger partial charge >= 0.3 is 5.97 Å². The number of aromatic nitrogens is 2. The van der Waals surface area contributed by atoms with Gasteiger partial charge in [-0.2, -0.15) is 0 Å². The molecule has 1 aromatic heterocycles. The maximum atomic E-state index is 14.0. The SMILES string of the molecule is COc1ccccc1CC(=O)N1CCCC[C@@H]2CN(c3ncc(C(=O)N(CCOc4ccccc4)CC(=O)O)c(CCc4ccccc4)n3)C[C@@H]21. The Labute approximate surface area is 298 Å². The topological polar surface area (TPSA) is 125 Å². The van der Waals surface area contributed by atoms with Crippen molar-refractivity contribution in [1.29, 1.82) is 0 Å². The van der Waals surface area contributed by atoms with E-state index in [2.05, 4.69) is 4.90 Å². The fourth-order valence-corrected chi connectivity index (χ4v) is 7.14. The fraction of sp³-hybridized carbons (Fsp3) is 0.375. The first kappa shape index (κ1) is 35.4. The van der Waals surface area contributed by atoms with Gasteiger partial charge in [-0.25, -0.2) is 9.97 Å². The zero-order valence-corrected chi connectivity index (χ0v) is 29.0. The normalized spacial score (nSPS) is 17.0. The van der Waals surface area contributed by atoms with Crippen LogP contribution in [0.15, 0.2) is 91.1 Å². The van der Waals surface area contributed by atoms with E-state index in [1.54, 1.807) is 7.11 Å². The molecule has 3 aromatic carbocycles. The quantitative estimate of drug-likeness (QED) is 0.196. The Morgan fingerprint density at radius 3 is 2.43 bits per heavy atom. The molecule has 4 aromatic rings. The van der Waals surface area contributed by atoms with E-state index < -0.39 is 18.4 Å². The minimum absolute atomic E-state index is 0.0167. The predicted molar refractivity (Wildman–Crippen MR) is 193 cm³/mol. The molecule has 2 fully saturated rings. The van der Waals surface area contributed by atoms with Gasteiger partial charge in [0.2, 0.25) is 11.9 Å². The van der Waals surface area contributed by atoms with Crippen LogP contribution in [0.2, 0.25) is 0 Å². The first-order valence-corrected chi connectivity index (χ1v) is 17.6. The molecule has 2 atom stereocenters. The summed E-state index contributed by atoms with van der Waals surface area (Å²) in [5.41, 5.74) is 2.81. The molecule has 51 heavy (non-hydrogen) atoms. The van der Waals surface area contributed by atoms with Gasteiger partial charge in [0.15, 0.2) is 0 Å². The minimum atomic E-state index is -1.12. The van der Waals surface area contributed by atoms with Crippen molar-refractivity contribution in [2.75, 3.05) is 51.3 Å². The van der Waals surface area contributed by atoms with Crippen LogP contribution in [0.5, 0.6) is 11.5 Å². The number of anilines is 1. The second kappa shape index (κ2) is 17.0. The third-order valence-corrected chi connectivity index (χ3v) is 9.73. The molecular formula is C40H45N5O6. The lowest BCUT2D eigenvalue weighted by Crippen LogP contribution is -2.45. The Morgan fingerprint density at radius 1 is 0.922 bits per heavy atom. The van der Waals surface area contributed by atoms with Crippen molar-refractivity contribution in [2.24, 2.45) is 5.92 Å². The van der Waals surface area contributed by atoms with Crippen LogP contribution in [-0.4, -0.2) is 95.1 Å². The number of hydrogen-bond donors (Lipinski definition) is 1. The summed E-state index contributed by atoms with van der Waals surface area (Å²) in [6, 6.07) is 26.8. The van der Waals surface area contributed by atoms with Crippen LogP contribution in [0.1, 0.15) is 46.4 Å². The molecule has 3 heterocycles. The molecule has 11 nitrogen and oxygen atoms in total. The summed E-state index contributed by atoms with van der Waals surface area (Å²) in [4.78, 5) is 54.8. The van der Waals surface area contributed by atoms with Gasteiger partial charge in [0.25, 0.3) is 5.91 Å². The number of rotatable bonds is 14. The third kappa shape index (κ3) is 9.02. The summed E-state index contributed by atoms with van der Waals surface area (Å²) >= 11 is 0. The van der Waals surface area contributed by atoms with E-state index in [0.29, 0.717) is 55.6 Å². The van der Waals surface area contributed by atoms with Crippen LogP contribution in [0.3, 0.4) is 0 Å². The summed E-state index contributed by atoms with van der Waals surface area (Å²) in [5.74, 6) is 0.633. The number of aliphatic carboxylic acids is 1. The number of para-hydroxylation sites is 2. The zero-order chi connectivity index (χ0) is 35.6. The molecule has 0 radical (unpaired) electrons. The number of ether oxygens (including phenoxy) is 2. The average molecular weight is 692 g/mol. The predicted octanol–water partition coefficient (Wildman–Crippen LogP) is 4.94. The van der Waals surface area contributed by atoms with Gasteiger partial charge in [0.1, 0.15) is 24.7 Å². The number of benzene rings is 3. The number of amides is 2. The number of aryl methyl sites for hydroxylation is 2. The number of methoxy groups -OCH3 is 1. The standard InChI is InChI=1S/C40H45N5O6/c1-50-36-18-9-8-14-30(36)24-37(46)45-21-11-10-15-31-26-44(27-35(31)45)40-41-25-33(34(42-40)20-19-29-12-4-2-5-13-29)39(49)43(28-38(47)48)22-23-51-32-16-6-3-7-17-32/h2-9,12-14,16-18,25,31,35H,10-11,15,19-24,26-28H2,1H3,(H,47,48)/t31-,35+/m1/s1. The van der Waals surface area contributed by atoms with Crippen molar-refractivity contribution in [2.45, 2.75) is 44.6 Å². The van der Waals surface area contributed by atoms with Gasteiger partial charge in [-0.05, 0) is 55.4 Å². The Balaban J connectivity index is 1.23. The van der Waals surface area contributed by atoms with Crippen LogP contribution in [-0.2, 0) is 28.9 Å². The summed E-state index contributed by atoms with van der Waals surface area (Å²) in [5, 5.41) is 9.69. The second-order valence-corrected chi connectivity index (χ2v) is 13.1. The number of carbonyl (C=O) groups is 3. The van der Waals surface area contributed by atoms with Crippen molar-refractivity contribution < 1.29 is 29.0 Å². The van der Waals surface area contributed by atoms with Crippen molar-refractivity contribution in [3.63, 3.8) is 0 Å². The van der Waals surface area contributed by atoms with E-state index in [0.717, 1.165) is 30.4 Å². The van der Waals surface area contributed by atoms with Crippen LogP contribution < -0.4 is 14.4 Å². The van der Waals surface area contributed by atoms with E-state index in [1.807, 2.05) is 89.8 Å². The summed E-state index contributed by atoms with van der Waals surface area (Å²) in [6.45, 7) is 1.72. The minimum Gasteiger partial charge on any atom is -0.496 e. The van der Waals surface area contributed by atoms with Crippen molar-refractivity contribution in [3.05, 3.63) is 114 Å². The van der Waals surface area contributed by atoms with Crippen molar-refractivity contribution in [1.82, 2.24) is 19.8 Å². The Kier molecular flexibility index (Phi) is 11.8. The second-order valence-electron chi connectivity index (χ2n) is 13.1.